The molecule has 0 aliphatic rings. The molecule has 0 heterocycles. The Labute approximate surface area is 73.0 Å². The van der Waals surface area contributed by atoms with Crippen LogP contribution in [0.1, 0.15) is 25.3 Å². The van der Waals surface area contributed by atoms with Crippen LogP contribution < -0.4 is 5.73 Å². The molecule has 0 fully saturated rings. The quantitative estimate of drug-likeness (QED) is 0.702. The zero-order valence-corrected chi connectivity index (χ0v) is 7.49. The van der Waals surface area contributed by atoms with Gasteiger partial charge in [-0.15, -0.1) is 0 Å². The molecule has 66 valence electrons. The van der Waals surface area contributed by atoms with E-state index in [9.17, 15) is 0 Å². The summed E-state index contributed by atoms with van der Waals surface area (Å²) in [6.45, 7) is 4.06. The number of aromatic hydroxyl groups is 1. The molecule has 12 heavy (non-hydrogen) atoms. The minimum atomic E-state index is 0.148. The van der Waals surface area contributed by atoms with Crippen molar-refractivity contribution in [2.75, 3.05) is 0 Å². The van der Waals surface area contributed by atoms with Gasteiger partial charge in [0, 0.05) is 6.04 Å². The molecular weight excluding hydrogens is 150 g/mol. The van der Waals surface area contributed by atoms with Gasteiger partial charge in [0.15, 0.2) is 0 Å². The van der Waals surface area contributed by atoms with Crippen LogP contribution in [0.25, 0.3) is 0 Å². The van der Waals surface area contributed by atoms with Crippen LogP contribution in [0.4, 0.5) is 0 Å². The molecule has 2 nitrogen and oxygen atoms in total. The Balaban J connectivity index is 2.82. The van der Waals surface area contributed by atoms with Crippen LogP contribution in [0.3, 0.4) is 0 Å². The smallest absolute Gasteiger partial charge is 0.115 e. The molecule has 3 N–H and O–H groups in total. The SMILES string of the molecule is C[C@H](N)[C@H](C)c1ccc(O)cc1. The topological polar surface area (TPSA) is 46.2 Å². The van der Waals surface area contributed by atoms with Crippen molar-refractivity contribution in [1.82, 2.24) is 0 Å². The van der Waals surface area contributed by atoms with Crippen molar-refractivity contribution in [2.24, 2.45) is 5.73 Å². The van der Waals surface area contributed by atoms with Crippen molar-refractivity contribution in [3.63, 3.8) is 0 Å². The van der Waals surface area contributed by atoms with E-state index in [1.54, 1.807) is 12.1 Å². The van der Waals surface area contributed by atoms with Crippen molar-refractivity contribution >= 4 is 0 Å². The maximum Gasteiger partial charge on any atom is 0.115 e. The molecule has 1 aromatic rings. The Morgan fingerprint density at radius 3 is 2.08 bits per heavy atom. The van der Waals surface area contributed by atoms with Crippen LogP contribution in [0.15, 0.2) is 24.3 Å². The summed E-state index contributed by atoms with van der Waals surface area (Å²) < 4.78 is 0. The molecule has 0 saturated carbocycles. The maximum atomic E-state index is 9.05. The van der Waals surface area contributed by atoms with Gasteiger partial charge in [-0.3, -0.25) is 0 Å². The highest BCUT2D eigenvalue weighted by atomic mass is 16.3. The maximum absolute atomic E-state index is 9.05. The van der Waals surface area contributed by atoms with Gasteiger partial charge >= 0.3 is 0 Å². The Hall–Kier alpha value is -1.02. The second-order valence-electron chi connectivity index (χ2n) is 3.24. The largest absolute Gasteiger partial charge is 0.508 e. The molecule has 0 bridgehead atoms. The third kappa shape index (κ3) is 1.98. The number of benzene rings is 1. The van der Waals surface area contributed by atoms with Gasteiger partial charge in [-0.1, -0.05) is 19.1 Å². The first-order chi connectivity index (χ1) is 5.61. The molecule has 0 unspecified atom stereocenters. The fourth-order valence-electron chi connectivity index (χ4n) is 1.08. The summed E-state index contributed by atoms with van der Waals surface area (Å²) >= 11 is 0. The van der Waals surface area contributed by atoms with E-state index < -0.39 is 0 Å². The first-order valence-corrected chi connectivity index (χ1v) is 4.16. The molecule has 1 aromatic carbocycles. The van der Waals surface area contributed by atoms with Gasteiger partial charge in [-0.25, -0.2) is 0 Å². The summed E-state index contributed by atoms with van der Waals surface area (Å²) in [4.78, 5) is 0. The van der Waals surface area contributed by atoms with Crippen LogP contribution in [-0.2, 0) is 0 Å². The Kier molecular flexibility index (Phi) is 2.71. The molecule has 0 saturated heterocycles. The molecule has 0 aliphatic carbocycles. The monoisotopic (exact) mass is 165 g/mol. The Morgan fingerprint density at radius 2 is 1.67 bits per heavy atom. The lowest BCUT2D eigenvalue weighted by Crippen LogP contribution is -2.22. The second kappa shape index (κ2) is 3.59. The van der Waals surface area contributed by atoms with Crippen molar-refractivity contribution in [2.45, 2.75) is 25.8 Å². The molecule has 0 amide bonds. The predicted molar refractivity (Wildman–Crippen MR) is 50.2 cm³/mol. The lowest BCUT2D eigenvalue weighted by atomic mass is 9.95. The summed E-state index contributed by atoms with van der Waals surface area (Å²) in [7, 11) is 0. The summed E-state index contributed by atoms with van der Waals surface area (Å²) in [5.74, 6) is 0.640. The minimum absolute atomic E-state index is 0.148. The Bertz CT molecular complexity index is 241. The van der Waals surface area contributed by atoms with Gasteiger partial charge in [0.25, 0.3) is 0 Å². The van der Waals surface area contributed by atoms with E-state index in [0.717, 1.165) is 0 Å². The van der Waals surface area contributed by atoms with Crippen LogP contribution in [0.2, 0.25) is 0 Å². The Morgan fingerprint density at radius 1 is 1.17 bits per heavy atom. The van der Waals surface area contributed by atoms with E-state index >= 15 is 0 Å². The fraction of sp³-hybridized carbons (Fsp3) is 0.400. The van der Waals surface area contributed by atoms with E-state index in [4.69, 9.17) is 10.8 Å². The van der Waals surface area contributed by atoms with Gasteiger partial charge in [0.1, 0.15) is 5.75 Å². The predicted octanol–water partition coefficient (Wildman–Crippen LogP) is 1.84. The molecule has 2 atom stereocenters. The number of nitrogens with two attached hydrogens (primary N) is 1. The van der Waals surface area contributed by atoms with Crippen LogP contribution >= 0.6 is 0 Å². The van der Waals surface area contributed by atoms with Crippen molar-refractivity contribution < 1.29 is 5.11 Å². The summed E-state index contributed by atoms with van der Waals surface area (Å²) in [6, 6.07) is 7.34. The highest BCUT2D eigenvalue weighted by molar-refractivity contribution is 5.28. The summed E-state index contributed by atoms with van der Waals surface area (Å²) in [6.07, 6.45) is 0. The zero-order valence-electron chi connectivity index (χ0n) is 7.49. The molecule has 0 radical (unpaired) electrons. The van der Waals surface area contributed by atoms with Crippen LogP contribution in [0.5, 0.6) is 5.75 Å². The molecular formula is C10H15NO. The van der Waals surface area contributed by atoms with Crippen molar-refractivity contribution in [3.05, 3.63) is 29.8 Å². The van der Waals surface area contributed by atoms with Crippen molar-refractivity contribution in [3.8, 4) is 5.75 Å². The van der Waals surface area contributed by atoms with E-state index in [2.05, 4.69) is 6.92 Å². The van der Waals surface area contributed by atoms with Gasteiger partial charge in [0.05, 0.1) is 0 Å². The number of rotatable bonds is 2. The fourth-order valence-corrected chi connectivity index (χ4v) is 1.08. The second-order valence-corrected chi connectivity index (χ2v) is 3.24. The minimum Gasteiger partial charge on any atom is -0.508 e. The van der Waals surface area contributed by atoms with Gasteiger partial charge in [0.2, 0.25) is 0 Å². The lowest BCUT2D eigenvalue weighted by Gasteiger charge is -2.15. The van der Waals surface area contributed by atoms with Crippen molar-refractivity contribution in [1.29, 1.82) is 0 Å². The lowest BCUT2D eigenvalue weighted by molar-refractivity contribution is 0.474. The third-order valence-corrected chi connectivity index (χ3v) is 2.21. The molecule has 0 aliphatic heterocycles. The van der Waals surface area contributed by atoms with Gasteiger partial charge in [-0.05, 0) is 30.5 Å². The first kappa shape index (κ1) is 9.07. The van der Waals surface area contributed by atoms with Gasteiger partial charge in [-0.2, -0.15) is 0 Å². The molecule has 2 heteroatoms. The average Bonchev–Trinajstić information content (AvgIpc) is 2.04. The van der Waals surface area contributed by atoms with E-state index in [-0.39, 0.29) is 6.04 Å². The number of phenols is 1. The highest BCUT2D eigenvalue weighted by Crippen LogP contribution is 2.19. The molecule has 0 aromatic heterocycles. The first-order valence-electron chi connectivity index (χ1n) is 4.16. The van der Waals surface area contributed by atoms with E-state index in [1.807, 2.05) is 19.1 Å². The third-order valence-electron chi connectivity index (χ3n) is 2.21. The number of hydrogen-bond donors (Lipinski definition) is 2. The van der Waals surface area contributed by atoms with E-state index in [1.165, 1.54) is 5.56 Å². The zero-order chi connectivity index (χ0) is 9.14. The molecule has 1 rings (SSSR count). The van der Waals surface area contributed by atoms with Crippen LogP contribution in [0, 0.1) is 0 Å². The number of hydrogen-bond acceptors (Lipinski definition) is 2. The normalized spacial score (nSPS) is 15.6. The molecule has 0 spiro atoms. The van der Waals surface area contributed by atoms with Crippen LogP contribution in [-0.4, -0.2) is 11.1 Å². The van der Waals surface area contributed by atoms with E-state index in [0.29, 0.717) is 11.7 Å². The standard InChI is InChI=1S/C10H15NO/c1-7(8(2)11)9-3-5-10(12)6-4-9/h3-8,12H,11H2,1-2H3/t7-,8-/m0/s1. The van der Waals surface area contributed by atoms with Gasteiger partial charge < -0.3 is 10.8 Å². The summed E-state index contributed by atoms with van der Waals surface area (Å²) in [5, 5.41) is 9.05. The average molecular weight is 165 g/mol. The highest BCUT2D eigenvalue weighted by Gasteiger charge is 2.09. The number of phenolic OH excluding ortho intramolecular Hbond substituents is 1. The summed E-state index contributed by atoms with van der Waals surface area (Å²) in [5.41, 5.74) is 6.91.